The molecule has 0 aromatic heterocycles. The van der Waals surface area contributed by atoms with E-state index < -0.39 is 32.5 Å². The average Bonchev–Trinajstić information content (AvgIpc) is 2.56. The van der Waals surface area contributed by atoms with Gasteiger partial charge in [0.1, 0.15) is 0 Å². The van der Waals surface area contributed by atoms with E-state index in [4.69, 9.17) is 23.2 Å². The SMILES string of the molecule is O=C(NCCNS(=O)(=O)c1ccc(F)c(F)c1)c1ccc(Cl)c(Cl)c1. The van der Waals surface area contributed by atoms with Crippen LogP contribution in [0.5, 0.6) is 0 Å². The first-order valence-corrected chi connectivity index (χ1v) is 9.12. The van der Waals surface area contributed by atoms with Gasteiger partial charge in [0.05, 0.1) is 14.9 Å². The molecule has 10 heteroatoms. The van der Waals surface area contributed by atoms with Gasteiger partial charge in [0.15, 0.2) is 11.6 Å². The second kappa shape index (κ2) is 8.09. The number of nitrogens with one attached hydrogen (secondary N) is 2. The molecule has 0 aliphatic heterocycles. The van der Waals surface area contributed by atoms with Crippen LogP contribution in [0.2, 0.25) is 10.0 Å². The van der Waals surface area contributed by atoms with Crippen molar-refractivity contribution in [3.8, 4) is 0 Å². The molecular weight excluding hydrogens is 397 g/mol. The average molecular weight is 409 g/mol. The number of rotatable bonds is 6. The predicted octanol–water partition coefficient (Wildman–Crippen LogP) is 2.98. The molecule has 0 bridgehead atoms. The predicted molar refractivity (Wildman–Crippen MR) is 90.3 cm³/mol. The molecule has 0 radical (unpaired) electrons. The Morgan fingerprint density at radius 3 is 2.32 bits per heavy atom. The molecule has 2 rings (SSSR count). The van der Waals surface area contributed by atoms with E-state index in [9.17, 15) is 22.0 Å². The van der Waals surface area contributed by atoms with Crippen LogP contribution in [0.15, 0.2) is 41.3 Å². The summed E-state index contributed by atoms with van der Waals surface area (Å²) in [5.74, 6) is -2.88. The van der Waals surface area contributed by atoms with Crippen LogP contribution in [-0.2, 0) is 10.0 Å². The second-order valence-electron chi connectivity index (χ2n) is 4.86. The molecule has 2 N–H and O–H groups in total. The van der Waals surface area contributed by atoms with Crippen molar-refractivity contribution >= 4 is 39.1 Å². The molecule has 25 heavy (non-hydrogen) atoms. The van der Waals surface area contributed by atoms with E-state index in [1.54, 1.807) is 0 Å². The number of halogens is 4. The van der Waals surface area contributed by atoms with Crippen LogP contribution in [0.4, 0.5) is 8.78 Å². The number of benzene rings is 2. The van der Waals surface area contributed by atoms with Crippen LogP contribution in [0.1, 0.15) is 10.4 Å². The molecule has 5 nitrogen and oxygen atoms in total. The van der Waals surface area contributed by atoms with Crippen LogP contribution >= 0.6 is 23.2 Å². The summed E-state index contributed by atoms with van der Waals surface area (Å²) in [5.41, 5.74) is 0.262. The summed E-state index contributed by atoms with van der Waals surface area (Å²) in [7, 11) is -4.02. The smallest absolute Gasteiger partial charge is 0.251 e. The van der Waals surface area contributed by atoms with Crippen LogP contribution in [0.3, 0.4) is 0 Å². The Balaban J connectivity index is 1.90. The number of carbonyl (C=O) groups excluding carboxylic acids is 1. The highest BCUT2D eigenvalue weighted by molar-refractivity contribution is 7.89. The van der Waals surface area contributed by atoms with Crippen LogP contribution < -0.4 is 10.0 Å². The Morgan fingerprint density at radius 1 is 0.960 bits per heavy atom. The molecule has 0 atom stereocenters. The van der Waals surface area contributed by atoms with Crippen molar-refractivity contribution in [3.63, 3.8) is 0 Å². The van der Waals surface area contributed by atoms with Crippen LogP contribution in [0.25, 0.3) is 0 Å². The molecule has 0 fully saturated rings. The molecule has 2 aromatic rings. The van der Waals surface area contributed by atoms with E-state index in [0.717, 1.165) is 12.1 Å². The molecule has 0 aliphatic rings. The monoisotopic (exact) mass is 408 g/mol. The number of amides is 1. The van der Waals surface area contributed by atoms with Crippen molar-refractivity contribution in [1.29, 1.82) is 0 Å². The zero-order valence-corrected chi connectivity index (χ0v) is 14.9. The van der Waals surface area contributed by atoms with Crippen molar-refractivity contribution in [2.24, 2.45) is 0 Å². The zero-order chi connectivity index (χ0) is 18.6. The lowest BCUT2D eigenvalue weighted by atomic mass is 10.2. The minimum atomic E-state index is -4.02. The third-order valence-electron chi connectivity index (χ3n) is 3.09. The molecule has 0 spiro atoms. The maximum Gasteiger partial charge on any atom is 0.251 e. The van der Waals surface area contributed by atoms with E-state index in [2.05, 4.69) is 10.0 Å². The first-order valence-electron chi connectivity index (χ1n) is 6.88. The van der Waals surface area contributed by atoms with Gasteiger partial charge in [0.2, 0.25) is 10.0 Å². The van der Waals surface area contributed by atoms with Gasteiger partial charge in [0.25, 0.3) is 5.91 Å². The number of hydrogen-bond donors (Lipinski definition) is 2. The topological polar surface area (TPSA) is 75.3 Å². The lowest BCUT2D eigenvalue weighted by Crippen LogP contribution is -2.34. The maximum atomic E-state index is 13.1. The summed E-state index contributed by atoms with van der Waals surface area (Å²) in [6, 6.07) is 6.54. The summed E-state index contributed by atoms with van der Waals surface area (Å²) in [5, 5.41) is 3.01. The van der Waals surface area contributed by atoms with Crippen molar-refractivity contribution in [3.05, 3.63) is 63.6 Å². The first kappa shape index (κ1) is 19.6. The van der Waals surface area contributed by atoms with Gasteiger partial charge < -0.3 is 5.32 Å². The van der Waals surface area contributed by atoms with E-state index >= 15 is 0 Å². The highest BCUT2D eigenvalue weighted by atomic mass is 35.5. The Morgan fingerprint density at radius 2 is 1.68 bits per heavy atom. The molecule has 0 saturated heterocycles. The minimum Gasteiger partial charge on any atom is -0.351 e. The Hall–Kier alpha value is -1.74. The molecule has 0 heterocycles. The van der Waals surface area contributed by atoms with Crippen molar-refractivity contribution in [1.82, 2.24) is 10.0 Å². The summed E-state index contributed by atoms with van der Waals surface area (Å²) < 4.78 is 52.0. The van der Waals surface area contributed by atoms with E-state index in [1.807, 2.05) is 0 Å². The standard InChI is InChI=1S/C15H12Cl2F2N2O3S/c16-11-3-1-9(7-12(11)17)15(22)20-5-6-21-25(23,24)10-2-4-13(18)14(19)8-10/h1-4,7-8,21H,5-6H2,(H,20,22). The van der Waals surface area contributed by atoms with Crippen molar-refractivity contribution in [2.75, 3.05) is 13.1 Å². The first-order chi connectivity index (χ1) is 11.7. The van der Waals surface area contributed by atoms with Gasteiger partial charge in [-0.05, 0) is 36.4 Å². The van der Waals surface area contributed by atoms with Gasteiger partial charge in [-0.25, -0.2) is 21.9 Å². The molecule has 1 amide bonds. The molecular formula is C15H12Cl2F2N2O3S. The second-order valence-corrected chi connectivity index (χ2v) is 7.44. The van der Waals surface area contributed by atoms with Gasteiger partial charge in [-0.1, -0.05) is 23.2 Å². The fourth-order valence-electron chi connectivity index (χ4n) is 1.83. The Kier molecular flexibility index (Phi) is 6.34. The molecule has 0 aliphatic carbocycles. The normalized spacial score (nSPS) is 11.4. The zero-order valence-electron chi connectivity index (χ0n) is 12.5. The molecule has 0 saturated carbocycles. The summed E-state index contributed by atoms with van der Waals surface area (Å²) in [6.45, 7) is -0.170. The van der Waals surface area contributed by atoms with Gasteiger partial charge in [-0.15, -0.1) is 0 Å². The molecule has 0 unspecified atom stereocenters. The minimum absolute atomic E-state index is 0.0258. The van der Waals surface area contributed by atoms with Gasteiger partial charge in [0, 0.05) is 18.7 Å². The molecule has 134 valence electrons. The van der Waals surface area contributed by atoms with Crippen LogP contribution in [0, 0.1) is 11.6 Å². The van der Waals surface area contributed by atoms with Gasteiger partial charge in [-0.3, -0.25) is 4.79 Å². The summed E-state index contributed by atoms with van der Waals surface area (Å²) in [4.78, 5) is 11.5. The van der Waals surface area contributed by atoms with E-state index in [0.29, 0.717) is 11.1 Å². The van der Waals surface area contributed by atoms with E-state index in [-0.39, 0.29) is 23.7 Å². The van der Waals surface area contributed by atoms with Gasteiger partial charge >= 0.3 is 0 Å². The third kappa shape index (κ3) is 5.12. The third-order valence-corrected chi connectivity index (χ3v) is 5.28. The number of carbonyl (C=O) groups is 1. The Labute approximate surface area is 153 Å². The Bertz CT molecular complexity index is 908. The summed E-state index contributed by atoms with van der Waals surface area (Å²) >= 11 is 11.6. The number of sulfonamides is 1. The quantitative estimate of drug-likeness (QED) is 0.721. The van der Waals surface area contributed by atoms with Crippen LogP contribution in [-0.4, -0.2) is 27.4 Å². The number of hydrogen-bond acceptors (Lipinski definition) is 3. The fraction of sp³-hybridized carbons (Fsp3) is 0.133. The van der Waals surface area contributed by atoms with Crippen molar-refractivity contribution < 1.29 is 22.0 Å². The molecule has 2 aromatic carbocycles. The summed E-state index contributed by atoms with van der Waals surface area (Å²) in [6.07, 6.45) is 0. The van der Waals surface area contributed by atoms with Crippen molar-refractivity contribution in [2.45, 2.75) is 4.90 Å². The highest BCUT2D eigenvalue weighted by Gasteiger charge is 2.16. The lowest BCUT2D eigenvalue weighted by Gasteiger charge is -2.09. The van der Waals surface area contributed by atoms with Gasteiger partial charge in [-0.2, -0.15) is 0 Å². The highest BCUT2D eigenvalue weighted by Crippen LogP contribution is 2.22. The lowest BCUT2D eigenvalue weighted by molar-refractivity contribution is 0.0954. The fourth-order valence-corrected chi connectivity index (χ4v) is 3.17. The largest absolute Gasteiger partial charge is 0.351 e. The maximum absolute atomic E-state index is 13.1. The van der Waals surface area contributed by atoms with E-state index in [1.165, 1.54) is 18.2 Å².